The highest BCUT2D eigenvalue weighted by Gasteiger charge is 2.03. The number of benzene rings is 1. The van der Waals surface area contributed by atoms with E-state index in [-0.39, 0.29) is 0 Å². The summed E-state index contributed by atoms with van der Waals surface area (Å²) in [5, 5.41) is 14.4. The Bertz CT molecular complexity index is 515. The van der Waals surface area contributed by atoms with Gasteiger partial charge in [-0.15, -0.1) is 5.10 Å². The van der Waals surface area contributed by atoms with Crippen LogP contribution < -0.4 is 10.6 Å². The number of anilines is 2. The van der Waals surface area contributed by atoms with Gasteiger partial charge < -0.3 is 10.6 Å². The molecule has 1 unspecified atom stereocenters. The smallest absolute Gasteiger partial charge is 0.244 e. The Labute approximate surface area is 119 Å². The molecule has 0 spiro atoms. The first-order valence-electron chi connectivity index (χ1n) is 7.02. The Balaban J connectivity index is 1.85. The monoisotopic (exact) mass is 271 g/mol. The summed E-state index contributed by atoms with van der Waals surface area (Å²) in [6, 6.07) is 10.7. The Hall–Kier alpha value is -2.17. The molecule has 5 heteroatoms. The highest BCUT2D eigenvalue weighted by atomic mass is 15.3. The molecule has 0 saturated heterocycles. The first kappa shape index (κ1) is 14.2. The van der Waals surface area contributed by atoms with Gasteiger partial charge in [-0.05, 0) is 25.3 Å². The molecule has 1 aromatic heterocycles. The van der Waals surface area contributed by atoms with Crippen molar-refractivity contribution in [1.82, 2.24) is 15.2 Å². The van der Waals surface area contributed by atoms with Gasteiger partial charge in [-0.25, -0.2) is 0 Å². The summed E-state index contributed by atoms with van der Waals surface area (Å²) < 4.78 is 0. The summed E-state index contributed by atoms with van der Waals surface area (Å²) in [5.41, 5.74) is 1.29. The van der Waals surface area contributed by atoms with E-state index in [9.17, 15) is 0 Å². The molecule has 0 bridgehead atoms. The lowest BCUT2D eigenvalue weighted by atomic mass is 10.1. The number of hydrogen-bond donors (Lipinski definition) is 2. The number of rotatable bonds is 7. The SMILES string of the molecule is CCC(C)Nc1cnnc(NCCc2ccccc2)n1. The van der Waals surface area contributed by atoms with E-state index in [2.05, 4.69) is 51.8 Å². The molecule has 0 aliphatic rings. The van der Waals surface area contributed by atoms with Crippen LogP contribution in [0.4, 0.5) is 11.8 Å². The van der Waals surface area contributed by atoms with Crippen LogP contribution in [0.5, 0.6) is 0 Å². The maximum Gasteiger partial charge on any atom is 0.244 e. The Morgan fingerprint density at radius 2 is 2.00 bits per heavy atom. The van der Waals surface area contributed by atoms with Crippen molar-refractivity contribution in [2.24, 2.45) is 0 Å². The molecule has 0 radical (unpaired) electrons. The summed E-state index contributed by atoms with van der Waals surface area (Å²) in [5.74, 6) is 1.32. The minimum atomic E-state index is 0.379. The Kier molecular flexibility index (Phi) is 5.29. The largest absolute Gasteiger partial charge is 0.366 e. The lowest BCUT2D eigenvalue weighted by molar-refractivity contribution is 0.755. The quantitative estimate of drug-likeness (QED) is 0.810. The maximum absolute atomic E-state index is 4.40. The second-order valence-corrected chi connectivity index (χ2v) is 4.78. The zero-order chi connectivity index (χ0) is 14.2. The molecule has 0 aliphatic heterocycles. The summed E-state index contributed by atoms with van der Waals surface area (Å²) in [6.07, 6.45) is 3.63. The summed E-state index contributed by atoms with van der Waals surface area (Å²) >= 11 is 0. The van der Waals surface area contributed by atoms with E-state index >= 15 is 0 Å². The van der Waals surface area contributed by atoms with Crippen LogP contribution in [0, 0.1) is 0 Å². The molecule has 2 N–H and O–H groups in total. The molecular weight excluding hydrogens is 250 g/mol. The molecule has 5 nitrogen and oxygen atoms in total. The van der Waals surface area contributed by atoms with E-state index in [1.165, 1.54) is 5.56 Å². The van der Waals surface area contributed by atoms with Gasteiger partial charge in [0.15, 0.2) is 5.82 Å². The van der Waals surface area contributed by atoms with Crippen LogP contribution in [0.3, 0.4) is 0 Å². The first-order valence-corrected chi connectivity index (χ1v) is 7.02. The van der Waals surface area contributed by atoms with Crippen molar-refractivity contribution in [3.8, 4) is 0 Å². The average molecular weight is 271 g/mol. The third-order valence-corrected chi connectivity index (χ3v) is 3.11. The van der Waals surface area contributed by atoms with Crippen LogP contribution in [0.2, 0.25) is 0 Å². The fourth-order valence-electron chi connectivity index (χ4n) is 1.77. The zero-order valence-corrected chi connectivity index (χ0v) is 12.0. The van der Waals surface area contributed by atoms with Crippen molar-refractivity contribution >= 4 is 11.8 Å². The van der Waals surface area contributed by atoms with Crippen LogP contribution in [0.1, 0.15) is 25.8 Å². The Morgan fingerprint density at radius 1 is 1.20 bits per heavy atom. The molecule has 1 heterocycles. The topological polar surface area (TPSA) is 62.7 Å². The van der Waals surface area contributed by atoms with E-state index < -0.39 is 0 Å². The molecule has 106 valence electrons. The molecule has 2 aromatic rings. The highest BCUT2D eigenvalue weighted by Crippen LogP contribution is 2.07. The average Bonchev–Trinajstić information content (AvgIpc) is 2.48. The predicted octanol–water partition coefficient (Wildman–Crippen LogP) is 2.74. The van der Waals surface area contributed by atoms with Crippen LogP contribution in [0.15, 0.2) is 36.5 Å². The molecule has 0 saturated carbocycles. The van der Waals surface area contributed by atoms with Gasteiger partial charge in [-0.2, -0.15) is 10.1 Å². The van der Waals surface area contributed by atoms with Gasteiger partial charge in [0.05, 0.1) is 6.20 Å². The number of nitrogens with zero attached hydrogens (tertiary/aromatic N) is 3. The normalized spacial score (nSPS) is 11.9. The van der Waals surface area contributed by atoms with Crippen molar-refractivity contribution in [3.05, 3.63) is 42.1 Å². The first-order chi connectivity index (χ1) is 9.78. The fraction of sp³-hybridized carbons (Fsp3) is 0.400. The van der Waals surface area contributed by atoms with E-state index in [1.54, 1.807) is 6.20 Å². The third kappa shape index (κ3) is 4.50. The van der Waals surface area contributed by atoms with Crippen molar-refractivity contribution in [1.29, 1.82) is 0 Å². The van der Waals surface area contributed by atoms with Crippen molar-refractivity contribution < 1.29 is 0 Å². The minimum Gasteiger partial charge on any atom is -0.366 e. The van der Waals surface area contributed by atoms with Gasteiger partial charge >= 0.3 is 0 Å². The Morgan fingerprint density at radius 3 is 2.75 bits per heavy atom. The van der Waals surface area contributed by atoms with Gasteiger partial charge in [0.25, 0.3) is 0 Å². The molecule has 20 heavy (non-hydrogen) atoms. The van der Waals surface area contributed by atoms with Crippen LogP contribution in [-0.2, 0) is 6.42 Å². The maximum atomic E-state index is 4.40. The highest BCUT2D eigenvalue weighted by molar-refractivity contribution is 5.37. The minimum absolute atomic E-state index is 0.379. The zero-order valence-electron chi connectivity index (χ0n) is 12.0. The molecule has 0 aliphatic carbocycles. The van der Waals surface area contributed by atoms with E-state index in [4.69, 9.17) is 0 Å². The van der Waals surface area contributed by atoms with Crippen LogP contribution in [0.25, 0.3) is 0 Å². The predicted molar refractivity (Wildman–Crippen MR) is 81.8 cm³/mol. The van der Waals surface area contributed by atoms with E-state index in [0.717, 1.165) is 25.2 Å². The molecule has 2 rings (SSSR count). The molecule has 1 atom stereocenters. The van der Waals surface area contributed by atoms with Crippen LogP contribution in [-0.4, -0.2) is 27.8 Å². The van der Waals surface area contributed by atoms with Gasteiger partial charge in [0, 0.05) is 12.6 Å². The third-order valence-electron chi connectivity index (χ3n) is 3.11. The summed E-state index contributed by atoms with van der Waals surface area (Å²) in [6.45, 7) is 5.04. The van der Waals surface area contributed by atoms with Gasteiger partial charge in [-0.1, -0.05) is 37.3 Å². The van der Waals surface area contributed by atoms with E-state index in [0.29, 0.717) is 12.0 Å². The lowest BCUT2D eigenvalue weighted by Crippen LogP contribution is -2.16. The summed E-state index contributed by atoms with van der Waals surface area (Å²) in [7, 11) is 0. The van der Waals surface area contributed by atoms with Crippen molar-refractivity contribution in [2.45, 2.75) is 32.7 Å². The van der Waals surface area contributed by atoms with Gasteiger partial charge in [0.2, 0.25) is 5.95 Å². The van der Waals surface area contributed by atoms with Gasteiger partial charge in [-0.3, -0.25) is 0 Å². The number of hydrogen-bond acceptors (Lipinski definition) is 5. The van der Waals surface area contributed by atoms with Crippen molar-refractivity contribution in [2.75, 3.05) is 17.2 Å². The fourth-order valence-corrected chi connectivity index (χ4v) is 1.77. The molecule has 1 aromatic carbocycles. The molecular formula is C15H21N5. The number of aromatic nitrogens is 3. The van der Waals surface area contributed by atoms with Crippen LogP contribution >= 0.6 is 0 Å². The standard InChI is InChI=1S/C15H21N5/c1-3-12(2)18-14-11-17-20-15(19-14)16-10-9-13-7-5-4-6-8-13/h4-8,11-12H,3,9-10H2,1-2H3,(H2,16,18,19,20). The second-order valence-electron chi connectivity index (χ2n) is 4.78. The van der Waals surface area contributed by atoms with E-state index in [1.807, 2.05) is 18.2 Å². The second kappa shape index (κ2) is 7.43. The van der Waals surface area contributed by atoms with Gasteiger partial charge in [0.1, 0.15) is 0 Å². The lowest BCUT2D eigenvalue weighted by Gasteiger charge is -2.12. The van der Waals surface area contributed by atoms with Crippen molar-refractivity contribution in [3.63, 3.8) is 0 Å². The molecule has 0 amide bonds. The number of nitrogens with one attached hydrogen (secondary N) is 2. The molecule has 0 fully saturated rings. The summed E-state index contributed by atoms with van der Waals surface area (Å²) in [4.78, 5) is 4.40.